The van der Waals surface area contributed by atoms with Gasteiger partial charge in [0.2, 0.25) is 0 Å². The van der Waals surface area contributed by atoms with Crippen LogP contribution in [0.3, 0.4) is 0 Å². The summed E-state index contributed by atoms with van der Waals surface area (Å²) in [6.07, 6.45) is 0. The molecule has 0 spiro atoms. The highest BCUT2D eigenvalue weighted by Gasteiger charge is 2.16. The molecule has 6 heteroatoms. The van der Waals surface area contributed by atoms with E-state index in [1.54, 1.807) is 7.11 Å². The van der Waals surface area contributed by atoms with Crippen LogP contribution in [0.2, 0.25) is 0 Å². The first kappa shape index (κ1) is 14.2. The summed E-state index contributed by atoms with van der Waals surface area (Å²) in [5, 5.41) is 7.71. The molecule has 0 unspecified atom stereocenters. The zero-order valence-corrected chi connectivity index (χ0v) is 13.0. The number of aromatic amines is 1. The van der Waals surface area contributed by atoms with Gasteiger partial charge in [0.1, 0.15) is 11.6 Å². The van der Waals surface area contributed by atoms with Crippen LogP contribution in [0.4, 0.5) is 5.82 Å². The lowest BCUT2D eigenvalue weighted by molar-refractivity contribution is 0.415. The highest BCUT2D eigenvalue weighted by Crippen LogP contribution is 2.32. The van der Waals surface area contributed by atoms with Crippen LogP contribution in [-0.2, 0) is 0 Å². The Hall–Kier alpha value is -3.41. The van der Waals surface area contributed by atoms with E-state index in [0.717, 1.165) is 28.0 Å². The number of rotatable bonds is 3. The zero-order chi connectivity index (χ0) is 16.5. The molecule has 0 amide bonds. The molecule has 0 saturated carbocycles. The van der Waals surface area contributed by atoms with E-state index < -0.39 is 0 Å². The molecule has 2 heterocycles. The second kappa shape index (κ2) is 5.66. The number of methoxy groups -OCH3 is 1. The van der Waals surface area contributed by atoms with Gasteiger partial charge in [-0.15, -0.1) is 0 Å². The van der Waals surface area contributed by atoms with Crippen molar-refractivity contribution in [2.45, 2.75) is 0 Å². The maximum absolute atomic E-state index is 6.04. The number of ether oxygens (including phenoxy) is 1. The number of nitrogens with one attached hydrogen (secondary N) is 1. The third-order valence-corrected chi connectivity index (χ3v) is 3.84. The van der Waals surface area contributed by atoms with Gasteiger partial charge in [-0.25, -0.2) is 9.97 Å². The van der Waals surface area contributed by atoms with Crippen LogP contribution in [-0.4, -0.2) is 27.3 Å². The van der Waals surface area contributed by atoms with Gasteiger partial charge in [0.05, 0.1) is 18.2 Å². The molecule has 2 aromatic heterocycles. The van der Waals surface area contributed by atoms with Gasteiger partial charge in [-0.1, -0.05) is 30.3 Å². The minimum atomic E-state index is 0.454. The number of benzene rings is 2. The van der Waals surface area contributed by atoms with Gasteiger partial charge in [0.15, 0.2) is 11.5 Å². The molecule has 118 valence electrons. The summed E-state index contributed by atoms with van der Waals surface area (Å²) in [7, 11) is 1.64. The van der Waals surface area contributed by atoms with Crippen molar-refractivity contribution in [1.82, 2.24) is 20.2 Å². The lowest BCUT2D eigenvalue weighted by atomic mass is 10.1. The van der Waals surface area contributed by atoms with Crippen molar-refractivity contribution in [3.8, 4) is 28.4 Å². The van der Waals surface area contributed by atoms with E-state index >= 15 is 0 Å². The first-order valence-electron chi connectivity index (χ1n) is 7.47. The van der Waals surface area contributed by atoms with Gasteiger partial charge in [0, 0.05) is 11.1 Å². The topological polar surface area (TPSA) is 89.7 Å². The van der Waals surface area contributed by atoms with E-state index in [1.165, 1.54) is 0 Å². The van der Waals surface area contributed by atoms with Gasteiger partial charge >= 0.3 is 0 Å². The van der Waals surface area contributed by atoms with Gasteiger partial charge in [0.25, 0.3) is 0 Å². The van der Waals surface area contributed by atoms with Crippen molar-refractivity contribution >= 4 is 16.9 Å². The Labute approximate surface area is 138 Å². The summed E-state index contributed by atoms with van der Waals surface area (Å²) in [5.74, 6) is 1.85. The summed E-state index contributed by atoms with van der Waals surface area (Å²) >= 11 is 0. The van der Waals surface area contributed by atoms with Crippen molar-refractivity contribution < 1.29 is 4.74 Å². The molecule has 0 aliphatic rings. The SMILES string of the molecule is COc1ccc(-c2nc(-c3ccccc3)nc3n[nH]c(N)c23)cc1. The number of fused-ring (bicyclic) bond motifs is 1. The number of hydrogen-bond acceptors (Lipinski definition) is 5. The predicted molar refractivity (Wildman–Crippen MR) is 93.5 cm³/mol. The van der Waals surface area contributed by atoms with Crippen molar-refractivity contribution in [2.75, 3.05) is 12.8 Å². The normalized spacial score (nSPS) is 10.9. The maximum Gasteiger partial charge on any atom is 0.187 e. The molecule has 0 aliphatic heterocycles. The molecule has 2 aromatic carbocycles. The number of anilines is 1. The molecule has 4 rings (SSSR count). The number of aromatic nitrogens is 4. The lowest BCUT2D eigenvalue weighted by Gasteiger charge is -2.07. The molecule has 0 saturated heterocycles. The Morgan fingerprint density at radius 2 is 1.67 bits per heavy atom. The molecule has 0 atom stereocenters. The Morgan fingerprint density at radius 3 is 2.38 bits per heavy atom. The number of nitrogens with zero attached hydrogens (tertiary/aromatic N) is 3. The quantitative estimate of drug-likeness (QED) is 0.605. The molecule has 0 aliphatic carbocycles. The molecule has 0 bridgehead atoms. The molecule has 0 radical (unpaired) electrons. The molecule has 0 fully saturated rings. The highest BCUT2D eigenvalue weighted by atomic mass is 16.5. The van der Waals surface area contributed by atoms with Crippen LogP contribution in [0.15, 0.2) is 54.6 Å². The monoisotopic (exact) mass is 317 g/mol. The Bertz CT molecular complexity index is 993. The van der Waals surface area contributed by atoms with Crippen LogP contribution in [0.5, 0.6) is 5.75 Å². The van der Waals surface area contributed by atoms with E-state index in [0.29, 0.717) is 17.3 Å². The molecular weight excluding hydrogens is 302 g/mol. The average molecular weight is 317 g/mol. The van der Waals surface area contributed by atoms with Crippen LogP contribution >= 0.6 is 0 Å². The van der Waals surface area contributed by atoms with E-state index in [-0.39, 0.29) is 0 Å². The molecule has 24 heavy (non-hydrogen) atoms. The second-order valence-corrected chi connectivity index (χ2v) is 5.33. The maximum atomic E-state index is 6.04. The summed E-state index contributed by atoms with van der Waals surface area (Å²) in [6.45, 7) is 0. The Balaban J connectivity index is 1.96. The van der Waals surface area contributed by atoms with Gasteiger partial charge in [-0.05, 0) is 24.3 Å². The summed E-state index contributed by atoms with van der Waals surface area (Å²) in [6, 6.07) is 17.5. The molecular formula is C18H15N5O. The average Bonchev–Trinajstić information content (AvgIpc) is 3.03. The Kier molecular flexibility index (Phi) is 3.35. The highest BCUT2D eigenvalue weighted by molar-refractivity contribution is 5.98. The van der Waals surface area contributed by atoms with E-state index in [1.807, 2.05) is 54.6 Å². The van der Waals surface area contributed by atoms with Crippen molar-refractivity contribution in [3.63, 3.8) is 0 Å². The zero-order valence-electron chi connectivity index (χ0n) is 13.0. The lowest BCUT2D eigenvalue weighted by Crippen LogP contribution is -1.96. The van der Waals surface area contributed by atoms with Gasteiger partial charge in [-0.3, -0.25) is 5.10 Å². The minimum absolute atomic E-state index is 0.454. The predicted octanol–water partition coefficient (Wildman–Crippen LogP) is 3.28. The van der Waals surface area contributed by atoms with Crippen LogP contribution in [0.1, 0.15) is 0 Å². The molecule has 3 N–H and O–H groups in total. The van der Waals surface area contributed by atoms with Crippen LogP contribution in [0, 0.1) is 0 Å². The van der Waals surface area contributed by atoms with E-state index in [2.05, 4.69) is 15.2 Å². The summed E-state index contributed by atoms with van der Waals surface area (Å²) in [4.78, 5) is 9.27. The molecule has 4 aromatic rings. The number of nitrogen functional groups attached to an aromatic ring is 1. The third kappa shape index (κ3) is 2.34. The first-order chi connectivity index (χ1) is 11.8. The summed E-state index contributed by atoms with van der Waals surface area (Å²) in [5.41, 5.74) is 9.18. The minimum Gasteiger partial charge on any atom is -0.497 e. The van der Waals surface area contributed by atoms with Crippen molar-refractivity contribution in [2.24, 2.45) is 0 Å². The van der Waals surface area contributed by atoms with E-state index in [4.69, 9.17) is 15.5 Å². The smallest absolute Gasteiger partial charge is 0.187 e. The fraction of sp³-hybridized carbons (Fsp3) is 0.0556. The second-order valence-electron chi connectivity index (χ2n) is 5.33. The Morgan fingerprint density at radius 1 is 0.917 bits per heavy atom. The van der Waals surface area contributed by atoms with Crippen molar-refractivity contribution in [3.05, 3.63) is 54.6 Å². The number of hydrogen-bond donors (Lipinski definition) is 2. The fourth-order valence-electron chi connectivity index (χ4n) is 2.62. The van der Waals surface area contributed by atoms with Gasteiger partial charge < -0.3 is 10.5 Å². The standard InChI is InChI=1S/C18H15N5O/c1-24-13-9-7-11(8-10-13)15-14-16(19)22-23-18(14)21-17(20-15)12-5-3-2-4-6-12/h2-10H,1H3,(H3,19,20,21,22,23). The van der Waals surface area contributed by atoms with E-state index in [9.17, 15) is 0 Å². The number of nitrogens with two attached hydrogens (primary N) is 1. The van der Waals surface area contributed by atoms with Gasteiger partial charge in [-0.2, -0.15) is 5.10 Å². The first-order valence-corrected chi connectivity index (χ1v) is 7.47. The van der Waals surface area contributed by atoms with Crippen molar-refractivity contribution in [1.29, 1.82) is 0 Å². The largest absolute Gasteiger partial charge is 0.497 e. The molecule has 6 nitrogen and oxygen atoms in total. The summed E-state index contributed by atoms with van der Waals surface area (Å²) < 4.78 is 5.22. The van der Waals surface area contributed by atoms with Crippen LogP contribution in [0.25, 0.3) is 33.7 Å². The number of H-pyrrole nitrogens is 1. The fourth-order valence-corrected chi connectivity index (χ4v) is 2.62. The van der Waals surface area contributed by atoms with Crippen LogP contribution < -0.4 is 10.5 Å². The third-order valence-electron chi connectivity index (χ3n) is 3.84.